The van der Waals surface area contributed by atoms with E-state index in [1.54, 1.807) is 18.2 Å². The fourth-order valence-corrected chi connectivity index (χ4v) is 2.91. The molecule has 2 rings (SSSR count). The van der Waals surface area contributed by atoms with Gasteiger partial charge in [0.05, 0.1) is 15.5 Å². The highest BCUT2D eigenvalue weighted by Gasteiger charge is 2.13. The normalized spacial score (nSPS) is 10.4. The molecule has 0 saturated heterocycles. The molecule has 0 bridgehead atoms. The molecule has 0 aliphatic carbocycles. The number of aromatic carboxylic acids is 1. The molecule has 22 heavy (non-hydrogen) atoms. The number of carboxylic acids is 1. The van der Waals surface area contributed by atoms with Crippen LogP contribution in [-0.2, 0) is 6.42 Å². The predicted octanol–water partition coefficient (Wildman–Crippen LogP) is 3.68. The van der Waals surface area contributed by atoms with E-state index in [-0.39, 0.29) is 11.3 Å². The van der Waals surface area contributed by atoms with Crippen LogP contribution in [0.15, 0.2) is 41.6 Å². The average Bonchev–Trinajstić information content (AvgIpc) is 2.49. The Morgan fingerprint density at radius 1 is 1.36 bits per heavy atom. The first-order valence-electron chi connectivity index (χ1n) is 6.23. The van der Waals surface area contributed by atoms with Crippen molar-refractivity contribution in [3.63, 3.8) is 0 Å². The van der Waals surface area contributed by atoms with Gasteiger partial charge in [0.15, 0.2) is 0 Å². The van der Waals surface area contributed by atoms with Crippen molar-refractivity contribution in [1.82, 2.24) is 4.98 Å². The van der Waals surface area contributed by atoms with E-state index in [4.69, 9.17) is 16.7 Å². The highest BCUT2D eigenvalue weighted by Crippen LogP contribution is 2.24. The van der Waals surface area contributed by atoms with E-state index in [0.717, 1.165) is 0 Å². The number of nitro groups is 1. The summed E-state index contributed by atoms with van der Waals surface area (Å²) in [7, 11) is 0. The molecule has 0 fully saturated rings. The zero-order chi connectivity index (χ0) is 16.1. The minimum absolute atomic E-state index is 0.0661. The summed E-state index contributed by atoms with van der Waals surface area (Å²) in [5.41, 5.74) is 0.694. The third-order valence-corrected chi connectivity index (χ3v) is 4.18. The second-order valence-corrected chi connectivity index (χ2v) is 5.80. The van der Waals surface area contributed by atoms with Gasteiger partial charge in [0, 0.05) is 16.8 Å². The van der Waals surface area contributed by atoms with E-state index in [9.17, 15) is 14.9 Å². The summed E-state index contributed by atoms with van der Waals surface area (Å²) in [6.07, 6.45) is 1.66. The quantitative estimate of drug-likeness (QED) is 0.490. The first-order chi connectivity index (χ1) is 10.5. The van der Waals surface area contributed by atoms with Crippen molar-refractivity contribution in [1.29, 1.82) is 0 Å². The van der Waals surface area contributed by atoms with Gasteiger partial charge in [0.25, 0.3) is 5.69 Å². The lowest BCUT2D eigenvalue weighted by Crippen LogP contribution is -2.04. The van der Waals surface area contributed by atoms with Gasteiger partial charge in [-0.2, -0.15) is 0 Å². The van der Waals surface area contributed by atoms with Crippen LogP contribution in [0.2, 0.25) is 5.02 Å². The van der Waals surface area contributed by atoms with Gasteiger partial charge >= 0.3 is 5.97 Å². The molecule has 1 aromatic carbocycles. The summed E-state index contributed by atoms with van der Waals surface area (Å²) < 4.78 is 0. The molecule has 0 unspecified atom stereocenters. The number of rotatable bonds is 6. The number of hydrogen-bond donors (Lipinski definition) is 1. The van der Waals surface area contributed by atoms with E-state index in [0.29, 0.717) is 27.8 Å². The van der Waals surface area contributed by atoms with Gasteiger partial charge in [-0.15, -0.1) is 11.8 Å². The zero-order valence-corrected chi connectivity index (χ0v) is 12.8. The summed E-state index contributed by atoms with van der Waals surface area (Å²) in [4.78, 5) is 25.2. The number of halogens is 1. The Morgan fingerprint density at radius 2 is 2.14 bits per heavy atom. The molecular formula is C14H11ClN2O4S. The topological polar surface area (TPSA) is 93.3 Å². The number of benzene rings is 1. The molecule has 0 amide bonds. The van der Waals surface area contributed by atoms with Crippen molar-refractivity contribution in [2.24, 2.45) is 0 Å². The van der Waals surface area contributed by atoms with Gasteiger partial charge in [-0.3, -0.25) is 10.1 Å². The number of aromatic nitrogens is 1. The van der Waals surface area contributed by atoms with Crippen molar-refractivity contribution in [3.05, 3.63) is 62.8 Å². The van der Waals surface area contributed by atoms with E-state index in [1.807, 2.05) is 0 Å². The van der Waals surface area contributed by atoms with Gasteiger partial charge in [0.1, 0.15) is 6.20 Å². The number of hydrogen-bond acceptors (Lipinski definition) is 5. The zero-order valence-electron chi connectivity index (χ0n) is 11.2. The van der Waals surface area contributed by atoms with E-state index >= 15 is 0 Å². The molecule has 0 aliphatic rings. The lowest BCUT2D eigenvalue weighted by molar-refractivity contribution is -0.385. The Morgan fingerprint density at radius 3 is 2.73 bits per heavy atom. The lowest BCUT2D eigenvalue weighted by atomic mass is 10.1. The van der Waals surface area contributed by atoms with Gasteiger partial charge < -0.3 is 5.11 Å². The Labute approximate surface area is 135 Å². The number of carboxylic acid groups (broad SMARTS) is 1. The van der Waals surface area contributed by atoms with Crippen LogP contribution in [0.25, 0.3) is 0 Å². The molecule has 8 heteroatoms. The molecule has 6 nitrogen and oxygen atoms in total. The molecule has 2 aromatic rings. The maximum Gasteiger partial charge on any atom is 0.336 e. The molecule has 1 N–H and O–H groups in total. The second-order valence-electron chi connectivity index (χ2n) is 4.28. The lowest BCUT2D eigenvalue weighted by Gasteiger charge is -2.08. The van der Waals surface area contributed by atoms with Crippen molar-refractivity contribution in [2.45, 2.75) is 11.4 Å². The van der Waals surface area contributed by atoms with E-state index in [2.05, 4.69) is 4.98 Å². The number of carbonyl (C=O) groups is 1. The summed E-state index contributed by atoms with van der Waals surface area (Å²) in [6, 6.07) is 7.71. The molecule has 0 radical (unpaired) electrons. The fourth-order valence-electron chi connectivity index (χ4n) is 1.84. The van der Waals surface area contributed by atoms with Crippen LogP contribution in [0, 0.1) is 10.1 Å². The fraction of sp³-hybridized carbons (Fsp3) is 0.143. The van der Waals surface area contributed by atoms with Crippen LogP contribution < -0.4 is 0 Å². The number of nitrogens with zero attached hydrogens (tertiary/aromatic N) is 2. The first-order valence-corrected chi connectivity index (χ1v) is 7.59. The van der Waals surface area contributed by atoms with Crippen molar-refractivity contribution < 1.29 is 14.8 Å². The van der Waals surface area contributed by atoms with Crippen LogP contribution >= 0.6 is 23.4 Å². The average molecular weight is 339 g/mol. The standard InChI is InChI=1S/C14H11ClN2O4S/c15-12-3-1-2-11(14(18)19)10(12)6-7-22-13-5-4-9(8-16-13)17(20)21/h1-5,8H,6-7H2,(H,18,19). The molecule has 1 heterocycles. The Hall–Kier alpha value is -2.12. The van der Waals surface area contributed by atoms with Crippen molar-refractivity contribution in [3.8, 4) is 0 Å². The molecule has 114 valence electrons. The van der Waals surface area contributed by atoms with Crippen molar-refractivity contribution >= 4 is 35.0 Å². The van der Waals surface area contributed by atoms with Crippen LogP contribution in [-0.4, -0.2) is 26.7 Å². The van der Waals surface area contributed by atoms with Gasteiger partial charge in [-0.05, 0) is 30.2 Å². The van der Waals surface area contributed by atoms with Crippen LogP contribution in [0.5, 0.6) is 0 Å². The number of thioether (sulfide) groups is 1. The summed E-state index contributed by atoms with van der Waals surface area (Å²) in [5.74, 6) is -0.453. The molecule has 0 atom stereocenters. The minimum atomic E-state index is -1.02. The van der Waals surface area contributed by atoms with E-state index in [1.165, 1.54) is 30.1 Å². The SMILES string of the molecule is O=C(O)c1cccc(Cl)c1CCSc1ccc([N+](=O)[O-])cn1. The Bertz CT molecular complexity index is 706. The minimum Gasteiger partial charge on any atom is -0.478 e. The van der Waals surface area contributed by atoms with Crippen LogP contribution in [0.4, 0.5) is 5.69 Å². The molecule has 1 aromatic heterocycles. The van der Waals surface area contributed by atoms with Gasteiger partial charge in [0.2, 0.25) is 0 Å². The third kappa shape index (κ3) is 3.96. The highest BCUT2D eigenvalue weighted by atomic mass is 35.5. The first kappa shape index (κ1) is 16.3. The second kappa shape index (κ2) is 7.24. The largest absolute Gasteiger partial charge is 0.478 e. The van der Waals surface area contributed by atoms with Crippen LogP contribution in [0.3, 0.4) is 0 Å². The maximum absolute atomic E-state index is 11.2. The smallest absolute Gasteiger partial charge is 0.336 e. The molecular weight excluding hydrogens is 328 g/mol. The monoisotopic (exact) mass is 338 g/mol. The van der Waals surface area contributed by atoms with E-state index < -0.39 is 10.9 Å². The molecule has 0 aliphatic heterocycles. The maximum atomic E-state index is 11.2. The Kier molecular flexibility index (Phi) is 5.35. The summed E-state index contributed by atoms with van der Waals surface area (Å²) in [5, 5.41) is 20.7. The molecule has 0 saturated carbocycles. The van der Waals surface area contributed by atoms with Crippen molar-refractivity contribution in [2.75, 3.05) is 5.75 Å². The Balaban J connectivity index is 2.02. The van der Waals surface area contributed by atoms with Gasteiger partial charge in [-0.25, -0.2) is 9.78 Å². The van der Waals surface area contributed by atoms with Crippen LogP contribution in [0.1, 0.15) is 15.9 Å². The summed E-state index contributed by atoms with van der Waals surface area (Å²) in [6.45, 7) is 0. The number of pyridine rings is 1. The third-order valence-electron chi connectivity index (χ3n) is 2.88. The summed E-state index contributed by atoms with van der Waals surface area (Å²) >= 11 is 7.43. The molecule has 0 spiro atoms. The highest BCUT2D eigenvalue weighted by molar-refractivity contribution is 7.99. The predicted molar refractivity (Wildman–Crippen MR) is 83.7 cm³/mol. The van der Waals surface area contributed by atoms with Gasteiger partial charge in [-0.1, -0.05) is 17.7 Å².